The van der Waals surface area contributed by atoms with Gasteiger partial charge in [0.25, 0.3) is 17.4 Å². The standard InChI is InChI=1S/C24H24FN3O6/c25-18-7-5-16(6-8-18)22(29)20-21(17-3-1-4-19(15-17)28(32)33)27(24(31)23(20)30)10-2-9-26-11-13-34-14-12-26/h1,3-8,15,21,29H,2,9-14H2/b22-20+/t21-/m1/s1. The number of non-ortho nitro benzene ring substituents is 1. The Morgan fingerprint density at radius 1 is 1.12 bits per heavy atom. The summed E-state index contributed by atoms with van der Waals surface area (Å²) in [6.45, 7) is 3.72. The van der Waals surface area contributed by atoms with Crippen molar-refractivity contribution in [2.24, 2.45) is 0 Å². The van der Waals surface area contributed by atoms with E-state index in [2.05, 4.69) is 4.90 Å². The summed E-state index contributed by atoms with van der Waals surface area (Å²) in [5.41, 5.74) is 0.133. The number of carbonyl (C=O) groups is 2. The first kappa shape index (κ1) is 23.5. The number of likely N-dealkylation sites (tertiary alicyclic amines) is 1. The summed E-state index contributed by atoms with van der Waals surface area (Å²) < 4.78 is 18.7. The summed E-state index contributed by atoms with van der Waals surface area (Å²) in [4.78, 5) is 40.3. The number of morpholine rings is 1. The third-order valence-electron chi connectivity index (χ3n) is 6.03. The molecule has 0 aliphatic carbocycles. The van der Waals surface area contributed by atoms with E-state index in [1.807, 2.05) is 0 Å². The first-order valence-corrected chi connectivity index (χ1v) is 11.0. The number of aliphatic hydroxyl groups excluding tert-OH is 1. The van der Waals surface area contributed by atoms with Crippen molar-refractivity contribution in [3.8, 4) is 0 Å². The van der Waals surface area contributed by atoms with E-state index >= 15 is 0 Å². The zero-order chi connectivity index (χ0) is 24.2. The lowest BCUT2D eigenvalue weighted by molar-refractivity contribution is -0.384. The Morgan fingerprint density at radius 3 is 2.50 bits per heavy atom. The Labute approximate surface area is 195 Å². The molecule has 0 spiro atoms. The average molecular weight is 469 g/mol. The number of hydrogen-bond acceptors (Lipinski definition) is 7. The molecule has 2 aliphatic rings. The van der Waals surface area contributed by atoms with Crippen molar-refractivity contribution in [2.75, 3.05) is 39.4 Å². The highest BCUT2D eigenvalue weighted by molar-refractivity contribution is 6.46. The second kappa shape index (κ2) is 10.1. The fourth-order valence-corrected chi connectivity index (χ4v) is 4.32. The maximum Gasteiger partial charge on any atom is 0.295 e. The van der Waals surface area contributed by atoms with Gasteiger partial charge in [0, 0.05) is 43.9 Å². The molecule has 0 radical (unpaired) electrons. The average Bonchev–Trinajstić information content (AvgIpc) is 3.10. The van der Waals surface area contributed by atoms with Gasteiger partial charge in [-0.2, -0.15) is 0 Å². The summed E-state index contributed by atoms with van der Waals surface area (Å²) in [7, 11) is 0. The number of benzene rings is 2. The smallest absolute Gasteiger partial charge is 0.295 e. The van der Waals surface area contributed by atoms with E-state index in [9.17, 15) is 29.2 Å². The van der Waals surface area contributed by atoms with E-state index in [1.165, 1.54) is 35.2 Å². The number of nitrogens with zero attached hydrogens (tertiary/aromatic N) is 3. The zero-order valence-electron chi connectivity index (χ0n) is 18.4. The Balaban J connectivity index is 1.70. The number of halogens is 1. The number of rotatable bonds is 7. The van der Waals surface area contributed by atoms with Crippen molar-refractivity contribution in [2.45, 2.75) is 12.5 Å². The number of ketones is 1. The van der Waals surface area contributed by atoms with Gasteiger partial charge < -0.3 is 14.7 Å². The van der Waals surface area contributed by atoms with Crippen LogP contribution in [-0.4, -0.2) is 70.9 Å². The van der Waals surface area contributed by atoms with Crippen molar-refractivity contribution in [3.05, 3.63) is 81.2 Å². The number of amides is 1. The highest BCUT2D eigenvalue weighted by Crippen LogP contribution is 2.40. The van der Waals surface area contributed by atoms with Crippen LogP contribution in [0.3, 0.4) is 0 Å². The first-order valence-electron chi connectivity index (χ1n) is 11.0. The Kier molecular flexibility index (Phi) is 6.99. The van der Waals surface area contributed by atoms with Crippen molar-refractivity contribution in [3.63, 3.8) is 0 Å². The summed E-state index contributed by atoms with van der Waals surface area (Å²) in [6.07, 6.45) is 0.565. The number of nitro benzene ring substituents is 1. The molecule has 2 aromatic rings. The molecule has 4 rings (SSSR count). The maximum atomic E-state index is 13.4. The minimum atomic E-state index is -1.00. The van der Waals surface area contributed by atoms with Gasteiger partial charge in [0.1, 0.15) is 11.6 Å². The van der Waals surface area contributed by atoms with Crippen LogP contribution in [0.1, 0.15) is 23.6 Å². The van der Waals surface area contributed by atoms with Gasteiger partial charge in [0.05, 0.1) is 29.8 Å². The molecule has 2 aliphatic heterocycles. The van der Waals surface area contributed by atoms with Gasteiger partial charge in [-0.25, -0.2) is 4.39 Å². The lowest BCUT2D eigenvalue weighted by atomic mass is 9.95. The van der Waals surface area contributed by atoms with Crippen molar-refractivity contribution >= 4 is 23.1 Å². The van der Waals surface area contributed by atoms with Crippen LogP contribution in [0.4, 0.5) is 10.1 Å². The molecular weight excluding hydrogens is 445 g/mol. The van der Waals surface area contributed by atoms with Crippen molar-refractivity contribution in [1.29, 1.82) is 0 Å². The molecule has 178 valence electrons. The molecule has 1 amide bonds. The lowest BCUT2D eigenvalue weighted by Gasteiger charge is -2.29. The second-order valence-electron chi connectivity index (χ2n) is 8.16. The van der Waals surface area contributed by atoms with Crippen LogP contribution in [0.15, 0.2) is 54.1 Å². The van der Waals surface area contributed by atoms with Crippen molar-refractivity contribution in [1.82, 2.24) is 9.80 Å². The fraction of sp³-hybridized carbons (Fsp3) is 0.333. The fourth-order valence-electron chi connectivity index (χ4n) is 4.32. The normalized spacial score (nSPS) is 20.6. The van der Waals surface area contributed by atoms with Crippen LogP contribution < -0.4 is 0 Å². The maximum absolute atomic E-state index is 13.4. The SMILES string of the molecule is O=C1C(=O)N(CCCN2CCOCC2)[C@H](c2cccc([N+](=O)[O-])c2)/C1=C(\O)c1ccc(F)cc1. The molecule has 0 bridgehead atoms. The van der Waals surface area contributed by atoms with E-state index in [0.717, 1.165) is 25.2 Å². The minimum absolute atomic E-state index is 0.170. The topological polar surface area (TPSA) is 113 Å². The summed E-state index contributed by atoms with van der Waals surface area (Å²) in [5.74, 6) is -2.65. The molecule has 10 heteroatoms. The third-order valence-corrected chi connectivity index (χ3v) is 6.03. The summed E-state index contributed by atoms with van der Waals surface area (Å²) in [6, 6.07) is 9.54. The molecule has 0 unspecified atom stereocenters. The Hall–Kier alpha value is -3.63. The largest absolute Gasteiger partial charge is 0.507 e. The van der Waals surface area contributed by atoms with Gasteiger partial charge in [0.15, 0.2) is 0 Å². The Morgan fingerprint density at radius 2 is 1.82 bits per heavy atom. The quantitative estimate of drug-likeness (QED) is 0.218. The van der Waals surface area contributed by atoms with E-state index in [1.54, 1.807) is 6.07 Å². The lowest BCUT2D eigenvalue weighted by Crippen LogP contribution is -2.39. The second-order valence-corrected chi connectivity index (χ2v) is 8.16. The summed E-state index contributed by atoms with van der Waals surface area (Å²) in [5, 5.41) is 22.3. The molecule has 1 atom stereocenters. The number of ether oxygens (including phenoxy) is 1. The molecule has 34 heavy (non-hydrogen) atoms. The molecule has 0 aromatic heterocycles. The van der Waals surface area contributed by atoms with Gasteiger partial charge in [-0.1, -0.05) is 12.1 Å². The minimum Gasteiger partial charge on any atom is -0.507 e. The highest BCUT2D eigenvalue weighted by atomic mass is 19.1. The third kappa shape index (κ3) is 4.82. The number of carbonyl (C=O) groups excluding carboxylic acids is 2. The first-order chi connectivity index (χ1) is 16.4. The van der Waals surface area contributed by atoms with Gasteiger partial charge in [-0.3, -0.25) is 24.6 Å². The number of Topliss-reactive ketones (excluding diaryl/α,β-unsaturated/α-hetero) is 1. The zero-order valence-corrected chi connectivity index (χ0v) is 18.4. The van der Waals surface area contributed by atoms with E-state index in [-0.39, 0.29) is 23.4 Å². The number of nitro groups is 1. The van der Waals surface area contributed by atoms with Crippen LogP contribution in [0.5, 0.6) is 0 Å². The van der Waals surface area contributed by atoms with Crippen LogP contribution in [0.25, 0.3) is 5.76 Å². The van der Waals surface area contributed by atoms with Gasteiger partial charge >= 0.3 is 0 Å². The molecule has 2 fully saturated rings. The van der Waals surface area contributed by atoms with Gasteiger partial charge in [-0.15, -0.1) is 0 Å². The van der Waals surface area contributed by atoms with Gasteiger partial charge in [0.2, 0.25) is 0 Å². The molecule has 2 aromatic carbocycles. The van der Waals surface area contributed by atoms with E-state index in [0.29, 0.717) is 31.7 Å². The van der Waals surface area contributed by atoms with E-state index in [4.69, 9.17) is 4.74 Å². The van der Waals surface area contributed by atoms with Crippen LogP contribution >= 0.6 is 0 Å². The number of aliphatic hydroxyl groups is 1. The molecule has 2 saturated heterocycles. The van der Waals surface area contributed by atoms with E-state index < -0.39 is 34.2 Å². The molecule has 2 heterocycles. The van der Waals surface area contributed by atoms with Crippen molar-refractivity contribution < 1.29 is 28.7 Å². The molecule has 1 N–H and O–H groups in total. The monoisotopic (exact) mass is 469 g/mol. The van der Waals surface area contributed by atoms with Crippen LogP contribution in [-0.2, 0) is 14.3 Å². The summed E-state index contributed by atoms with van der Waals surface area (Å²) >= 11 is 0. The number of hydrogen-bond donors (Lipinski definition) is 1. The van der Waals surface area contributed by atoms with Crippen LogP contribution in [0, 0.1) is 15.9 Å². The Bertz CT molecular complexity index is 1130. The predicted octanol–water partition coefficient (Wildman–Crippen LogP) is 2.88. The molecule has 0 saturated carbocycles. The molecule has 9 nitrogen and oxygen atoms in total. The molecular formula is C24H24FN3O6. The highest BCUT2D eigenvalue weighted by Gasteiger charge is 2.46. The van der Waals surface area contributed by atoms with Crippen LogP contribution in [0.2, 0.25) is 0 Å². The van der Waals surface area contributed by atoms with Gasteiger partial charge in [-0.05, 0) is 36.2 Å². The predicted molar refractivity (Wildman–Crippen MR) is 120 cm³/mol.